The van der Waals surface area contributed by atoms with Gasteiger partial charge in [0.25, 0.3) is 5.91 Å². The quantitative estimate of drug-likeness (QED) is 0.766. The van der Waals surface area contributed by atoms with Crippen LogP contribution >= 0.6 is 0 Å². The van der Waals surface area contributed by atoms with E-state index in [4.69, 9.17) is 4.74 Å². The number of carbonyl (C=O) groups excluding carboxylic acids is 1. The molecule has 1 heterocycles. The molecule has 2 rings (SSSR count). The number of benzene rings is 1. The van der Waals surface area contributed by atoms with Crippen LogP contribution in [-0.2, 0) is 16.0 Å². The number of nitrogens with zero attached hydrogens (tertiary/aromatic N) is 1. The van der Waals surface area contributed by atoms with Crippen LogP contribution in [-0.4, -0.2) is 26.2 Å². The molecular weight excluding hydrogens is 216 g/mol. The van der Waals surface area contributed by atoms with Crippen LogP contribution < -0.4 is 4.90 Å². The van der Waals surface area contributed by atoms with Gasteiger partial charge in [-0.2, -0.15) is 0 Å². The Morgan fingerprint density at radius 1 is 1.50 bits per heavy atom. The highest BCUT2D eigenvalue weighted by molar-refractivity contribution is 5.96. The Kier molecular flexibility index (Phi) is 2.87. The lowest BCUT2D eigenvalue weighted by Crippen LogP contribution is -2.32. The minimum Gasteiger partial charge on any atom is -0.375 e. The first-order chi connectivity index (χ1) is 7.63. The maximum Gasteiger partial charge on any atom is 0.252 e. The molecule has 16 heavy (non-hydrogen) atoms. The summed E-state index contributed by atoms with van der Waals surface area (Å²) >= 11 is 0. The summed E-state index contributed by atoms with van der Waals surface area (Å²) in [4.78, 5) is 12.9. The molecule has 1 aliphatic heterocycles. The van der Waals surface area contributed by atoms with E-state index in [1.54, 1.807) is 0 Å². The summed E-state index contributed by atoms with van der Waals surface area (Å²) in [5, 5.41) is 0. The number of ether oxygens (including phenoxy) is 1. The second-order valence-electron chi connectivity index (χ2n) is 3.61. The van der Waals surface area contributed by atoms with Crippen LogP contribution in [0.1, 0.15) is 5.56 Å². The van der Waals surface area contributed by atoms with Crippen molar-refractivity contribution in [2.75, 3.05) is 25.2 Å². The summed E-state index contributed by atoms with van der Waals surface area (Å²) in [6.45, 7) is 0.287. The molecule has 0 N–H and O–H groups in total. The second-order valence-corrected chi connectivity index (χ2v) is 3.61. The largest absolute Gasteiger partial charge is 0.375 e. The monoisotopic (exact) mass is 227 g/mol. The average molecular weight is 227 g/mol. The highest BCUT2D eigenvalue weighted by Gasteiger charge is 2.27. The van der Waals surface area contributed by atoms with Crippen molar-refractivity contribution in [2.45, 2.75) is 6.42 Å². The Morgan fingerprint density at radius 3 is 2.94 bits per heavy atom. The average Bonchev–Trinajstić information content (AvgIpc) is 2.61. The van der Waals surface area contributed by atoms with Gasteiger partial charge in [0.15, 0.2) is 0 Å². The lowest BCUT2D eigenvalue weighted by atomic mass is 10.1. The van der Waals surface area contributed by atoms with E-state index in [0.717, 1.165) is 6.07 Å². The zero-order valence-corrected chi connectivity index (χ0v) is 8.80. The maximum absolute atomic E-state index is 13.4. The van der Waals surface area contributed by atoms with Crippen LogP contribution in [0.3, 0.4) is 0 Å². The van der Waals surface area contributed by atoms with Crippen LogP contribution in [0.4, 0.5) is 14.5 Å². The van der Waals surface area contributed by atoms with Crippen molar-refractivity contribution in [2.24, 2.45) is 0 Å². The lowest BCUT2D eigenvalue weighted by molar-refractivity contribution is -0.122. The molecule has 0 saturated carbocycles. The van der Waals surface area contributed by atoms with Crippen molar-refractivity contribution >= 4 is 11.6 Å². The third-order valence-electron chi connectivity index (χ3n) is 2.58. The molecule has 5 heteroatoms. The Balaban J connectivity index is 2.35. The molecule has 1 aromatic rings. The van der Waals surface area contributed by atoms with E-state index >= 15 is 0 Å². The van der Waals surface area contributed by atoms with E-state index in [1.165, 1.54) is 18.1 Å². The van der Waals surface area contributed by atoms with Gasteiger partial charge in [0.2, 0.25) is 0 Å². The molecule has 0 aromatic heterocycles. The smallest absolute Gasteiger partial charge is 0.252 e. The molecule has 0 atom stereocenters. The standard InChI is InChI=1S/C11H11F2NO2/c1-16-6-11(15)14-3-2-8-9(13)4-7(12)5-10(8)14/h4-5H,2-3,6H2,1H3. The summed E-state index contributed by atoms with van der Waals surface area (Å²) < 4.78 is 31.1. The Morgan fingerprint density at radius 2 is 2.25 bits per heavy atom. The third-order valence-corrected chi connectivity index (χ3v) is 2.58. The van der Waals surface area contributed by atoms with Crippen LogP contribution in [0.15, 0.2) is 12.1 Å². The van der Waals surface area contributed by atoms with E-state index in [-0.39, 0.29) is 12.5 Å². The summed E-state index contributed by atoms with van der Waals surface area (Å²) in [6.07, 6.45) is 0.414. The molecule has 0 bridgehead atoms. The SMILES string of the molecule is COCC(=O)N1CCc2c(F)cc(F)cc21. The molecule has 0 unspecified atom stereocenters. The number of hydrogen-bond acceptors (Lipinski definition) is 2. The maximum atomic E-state index is 13.4. The molecule has 0 fully saturated rings. The van der Waals surface area contributed by atoms with Crippen molar-refractivity contribution in [3.63, 3.8) is 0 Å². The van der Waals surface area contributed by atoms with Gasteiger partial charge < -0.3 is 9.64 Å². The molecule has 1 aliphatic rings. The molecule has 1 aromatic carbocycles. The summed E-state index contributed by atoms with van der Waals surface area (Å²) in [5.41, 5.74) is 0.713. The zero-order valence-electron chi connectivity index (χ0n) is 8.80. The van der Waals surface area contributed by atoms with Gasteiger partial charge in [-0.25, -0.2) is 8.78 Å². The fourth-order valence-electron chi connectivity index (χ4n) is 1.88. The summed E-state index contributed by atoms with van der Waals surface area (Å²) in [6, 6.07) is 2.02. The molecule has 0 spiro atoms. The van der Waals surface area contributed by atoms with E-state index in [9.17, 15) is 13.6 Å². The van der Waals surface area contributed by atoms with Gasteiger partial charge in [-0.05, 0) is 12.5 Å². The molecule has 1 amide bonds. The Labute approximate surface area is 91.6 Å². The lowest BCUT2D eigenvalue weighted by Gasteiger charge is -2.16. The number of hydrogen-bond donors (Lipinski definition) is 0. The van der Waals surface area contributed by atoms with E-state index in [0.29, 0.717) is 24.2 Å². The molecule has 0 aliphatic carbocycles. The number of rotatable bonds is 2. The minimum atomic E-state index is -0.673. The van der Waals surface area contributed by atoms with Crippen LogP contribution in [0.5, 0.6) is 0 Å². The van der Waals surface area contributed by atoms with Crippen molar-refractivity contribution in [3.05, 3.63) is 29.3 Å². The normalized spacial score (nSPS) is 14.1. The van der Waals surface area contributed by atoms with Gasteiger partial charge in [0.05, 0.1) is 5.69 Å². The number of amides is 1. The highest BCUT2D eigenvalue weighted by Crippen LogP contribution is 2.31. The predicted molar refractivity (Wildman–Crippen MR) is 54.3 cm³/mol. The Hall–Kier alpha value is -1.49. The predicted octanol–water partition coefficient (Wildman–Crippen LogP) is 1.50. The molecule has 86 valence electrons. The summed E-state index contributed by atoms with van der Waals surface area (Å²) in [5.74, 6) is -1.55. The van der Waals surface area contributed by atoms with Gasteiger partial charge in [-0.1, -0.05) is 0 Å². The van der Waals surface area contributed by atoms with Gasteiger partial charge in [-0.15, -0.1) is 0 Å². The van der Waals surface area contributed by atoms with Crippen LogP contribution in [0, 0.1) is 11.6 Å². The first kappa shape index (κ1) is 11.0. The first-order valence-corrected chi connectivity index (χ1v) is 4.90. The van der Waals surface area contributed by atoms with Gasteiger partial charge >= 0.3 is 0 Å². The first-order valence-electron chi connectivity index (χ1n) is 4.90. The highest BCUT2D eigenvalue weighted by atomic mass is 19.1. The van der Waals surface area contributed by atoms with Crippen molar-refractivity contribution in [3.8, 4) is 0 Å². The number of anilines is 1. The topological polar surface area (TPSA) is 29.5 Å². The molecule has 0 radical (unpaired) electrons. The fraction of sp³-hybridized carbons (Fsp3) is 0.364. The van der Waals surface area contributed by atoms with E-state index < -0.39 is 11.6 Å². The zero-order chi connectivity index (χ0) is 11.7. The van der Waals surface area contributed by atoms with Gasteiger partial charge in [0, 0.05) is 25.3 Å². The molecular formula is C11H11F2NO2. The number of methoxy groups -OCH3 is 1. The van der Waals surface area contributed by atoms with E-state index in [1.807, 2.05) is 0 Å². The number of fused-ring (bicyclic) bond motifs is 1. The van der Waals surface area contributed by atoms with Gasteiger partial charge in [0.1, 0.15) is 18.2 Å². The minimum absolute atomic E-state index is 0.0857. The van der Waals surface area contributed by atoms with Crippen LogP contribution in [0.2, 0.25) is 0 Å². The number of halogens is 2. The van der Waals surface area contributed by atoms with Gasteiger partial charge in [-0.3, -0.25) is 4.79 Å². The molecule has 0 saturated heterocycles. The fourth-order valence-corrected chi connectivity index (χ4v) is 1.88. The second kappa shape index (κ2) is 4.17. The Bertz CT molecular complexity index is 434. The molecule has 3 nitrogen and oxygen atoms in total. The number of carbonyl (C=O) groups is 1. The van der Waals surface area contributed by atoms with Crippen molar-refractivity contribution < 1.29 is 18.3 Å². The summed E-state index contributed by atoms with van der Waals surface area (Å²) in [7, 11) is 1.40. The third kappa shape index (κ3) is 1.78. The van der Waals surface area contributed by atoms with Crippen molar-refractivity contribution in [1.82, 2.24) is 0 Å². The van der Waals surface area contributed by atoms with Crippen molar-refractivity contribution in [1.29, 1.82) is 0 Å². The van der Waals surface area contributed by atoms with E-state index in [2.05, 4.69) is 0 Å². The van der Waals surface area contributed by atoms with Crippen LogP contribution in [0.25, 0.3) is 0 Å².